The second-order valence-electron chi connectivity index (χ2n) is 6.14. The fraction of sp³-hybridized carbons (Fsp3) is 0.389. The number of rotatable bonds is 4. The Hall–Kier alpha value is -2.63. The van der Waals surface area contributed by atoms with Crippen molar-refractivity contribution in [1.82, 2.24) is 15.3 Å². The normalized spacial score (nSPS) is 14.3. The van der Waals surface area contributed by atoms with E-state index in [2.05, 4.69) is 29.1 Å². The molecule has 0 radical (unpaired) electrons. The van der Waals surface area contributed by atoms with Crippen LogP contribution in [-0.2, 0) is 0 Å². The number of nitrogens with zero attached hydrogens (tertiary/aromatic N) is 2. The molecule has 1 amide bonds. The highest BCUT2D eigenvalue weighted by Crippen LogP contribution is 2.34. The smallest absolute Gasteiger partial charge is 0.271 e. The van der Waals surface area contributed by atoms with Gasteiger partial charge in [-0.15, -0.1) is 0 Å². The summed E-state index contributed by atoms with van der Waals surface area (Å²) in [5, 5.41) is 3.04. The molecular formula is C18H21N3O3. The van der Waals surface area contributed by atoms with Crippen LogP contribution in [0.15, 0.2) is 30.6 Å². The van der Waals surface area contributed by atoms with Crippen LogP contribution in [0.1, 0.15) is 41.6 Å². The van der Waals surface area contributed by atoms with Crippen LogP contribution in [0.25, 0.3) is 0 Å². The van der Waals surface area contributed by atoms with E-state index in [1.807, 2.05) is 25.1 Å². The minimum absolute atomic E-state index is 0.156. The average molecular weight is 327 g/mol. The molecule has 24 heavy (non-hydrogen) atoms. The lowest BCUT2D eigenvalue weighted by atomic mass is 9.95. The predicted molar refractivity (Wildman–Crippen MR) is 89.2 cm³/mol. The highest BCUT2D eigenvalue weighted by molar-refractivity contribution is 5.92. The maximum atomic E-state index is 12.5. The number of nitrogens with one attached hydrogen (secondary N) is 1. The van der Waals surface area contributed by atoms with Crippen LogP contribution >= 0.6 is 0 Å². The van der Waals surface area contributed by atoms with Crippen LogP contribution in [0.3, 0.4) is 0 Å². The van der Waals surface area contributed by atoms with Gasteiger partial charge in [0.15, 0.2) is 11.5 Å². The van der Waals surface area contributed by atoms with Crippen LogP contribution < -0.4 is 14.8 Å². The van der Waals surface area contributed by atoms with Crippen LogP contribution in [-0.4, -0.2) is 29.1 Å². The van der Waals surface area contributed by atoms with Gasteiger partial charge in [-0.2, -0.15) is 0 Å². The number of aromatic nitrogens is 2. The zero-order valence-electron chi connectivity index (χ0n) is 14.1. The molecule has 0 saturated heterocycles. The Balaban J connectivity index is 1.82. The average Bonchev–Trinajstić information content (AvgIpc) is 2.59. The van der Waals surface area contributed by atoms with Crippen molar-refractivity contribution in [3.8, 4) is 11.5 Å². The maximum absolute atomic E-state index is 12.5. The molecule has 0 spiro atoms. The van der Waals surface area contributed by atoms with Gasteiger partial charge in [-0.25, -0.2) is 4.98 Å². The summed E-state index contributed by atoms with van der Waals surface area (Å²) < 4.78 is 11.2. The second-order valence-corrected chi connectivity index (χ2v) is 6.14. The van der Waals surface area contributed by atoms with Gasteiger partial charge in [0.05, 0.1) is 17.9 Å². The minimum atomic E-state index is -0.240. The van der Waals surface area contributed by atoms with E-state index in [1.54, 1.807) is 6.20 Å². The van der Waals surface area contributed by atoms with Crippen molar-refractivity contribution < 1.29 is 14.3 Å². The van der Waals surface area contributed by atoms with Gasteiger partial charge in [0.2, 0.25) is 0 Å². The van der Waals surface area contributed by atoms with Crippen molar-refractivity contribution in [2.24, 2.45) is 5.92 Å². The van der Waals surface area contributed by atoms with Crippen molar-refractivity contribution in [3.63, 3.8) is 0 Å². The molecule has 6 heteroatoms. The van der Waals surface area contributed by atoms with Gasteiger partial charge >= 0.3 is 0 Å². The largest absolute Gasteiger partial charge is 0.486 e. The molecule has 0 unspecified atom stereocenters. The van der Waals surface area contributed by atoms with E-state index in [-0.39, 0.29) is 17.9 Å². The summed E-state index contributed by atoms with van der Waals surface area (Å²) in [5.74, 6) is 1.42. The number of aryl methyl sites for hydroxylation is 1. The molecule has 0 saturated carbocycles. The van der Waals surface area contributed by atoms with E-state index in [0.717, 1.165) is 17.0 Å². The molecule has 2 heterocycles. The topological polar surface area (TPSA) is 73.3 Å². The Morgan fingerprint density at radius 3 is 2.54 bits per heavy atom. The molecular weight excluding hydrogens is 306 g/mol. The molecule has 0 bridgehead atoms. The highest BCUT2D eigenvalue weighted by Gasteiger charge is 2.22. The number of amides is 1. The van der Waals surface area contributed by atoms with E-state index in [9.17, 15) is 4.79 Å². The summed E-state index contributed by atoms with van der Waals surface area (Å²) in [6, 6.07) is 5.62. The van der Waals surface area contributed by atoms with Crippen molar-refractivity contribution in [1.29, 1.82) is 0 Å². The molecule has 2 aromatic rings. The predicted octanol–water partition coefficient (Wildman–Crippen LogP) is 2.68. The van der Waals surface area contributed by atoms with Crippen molar-refractivity contribution in [2.75, 3.05) is 13.2 Å². The standard InChI is InChI=1S/C18H21N3O3/c1-11(2)17(21-18(22)14-10-19-12(3)9-20-14)13-4-5-15-16(8-13)24-7-6-23-15/h4-5,8-11,17H,6-7H2,1-3H3,(H,21,22)/t17-/m0/s1. The van der Waals surface area contributed by atoms with E-state index in [4.69, 9.17) is 9.47 Å². The summed E-state index contributed by atoms with van der Waals surface area (Å²) in [5.41, 5.74) is 2.06. The Morgan fingerprint density at radius 1 is 1.12 bits per heavy atom. The Bertz CT molecular complexity index is 729. The quantitative estimate of drug-likeness (QED) is 0.934. The Morgan fingerprint density at radius 2 is 1.88 bits per heavy atom. The summed E-state index contributed by atoms with van der Waals surface area (Å²) >= 11 is 0. The second kappa shape index (κ2) is 6.86. The molecule has 6 nitrogen and oxygen atoms in total. The molecule has 126 valence electrons. The van der Waals surface area contributed by atoms with E-state index < -0.39 is 0 Å². The van der Waals surface area contributed by atoms with Crippen molar-refractivity contribution in [3.05, 3.63) is 47.5 Å². The molecule has 1 N–H and O–H groups in total. The zero-order valence-corrected chi connectivity index (χ0v) is 14.1. The summed E-state index contributed by atoms with van der Waals surface area (Å²) in [4.78, 5) is 20.7. The number of hydrogen-bond acceptors (Lipinski definition) is 5. The number of fused-ring (bicyclic) bond motifs is 1. The lowest BCUT2D eigenvalue weighted by Crippen LogP contribution is -2.32. The monoisotopic (exact) mass is 327 g/mol. The van der Waals surface area contributed by atoms with E-state index in [1.165, 1.54) is 6.20 Å². The summed E-state index contributed by atoms with van der Waals surface area (Å²) in [7, 11) is 0. The van der Waals surface area contributed by atoms with Gasteiger partial charge in [0.1, 0.15) is 18.9 Å². The first-order valence-corrected chi connectivity index (χ1v) is 8.03. The summed E-state index contributed by atoms with van der Waals surface area (Å²) in [6.07, 6.45) is 3.08. The van der Waals surface area contributed by atoms with Crippen LogP contribution in [0.2, 0.25) is 0 Å². The van der Waals surface area contributed by atoms with Crippen LogP contribution in [0.5, 0.6) is 11.5 Å². The first-order valence-electron chi connectivity index (χ1n) is 8.03. The number of carbonyl (C=O) groups is 1. The van der Waals surface area contributed by atoms with Crippen molar-refractivity contribution in [2.45, 2.75) is 26.8 Å². The lowest BCUT2D eigenvalue weighted by molar-refractivity contribution is 0.0919. The molecule has 1 aromatic carbocycles. The fourth-order valence-electron chi connectivity index (χ4n) is 2.61. The first kappa shape index (κ1) is 16.2. The number of ether oxygens (including phenoxy) is 2. The summed E-state index contributed by atoms with van der Waals surface area (Å²) in [6.45, 7) is 7.04. The third-order valence-electron chi connectivity index (χ3n) is 3.89. The van der Waals surface area contributed by atoms with Gasteiger partial charge in [-0.3, -0.25) is 9.78 Å². The Kier molecular flexibility index (Phi) is 4.64. The first-order chi connectivity index (χ1) is 11.5. The lowest BCUT2D eigenvalue weighted by Gasteiger charge is -2.25. The zero-order chi connectivity index (χ0) is 17.1. The molecule has 0 aliphatic carbocycles. The molecule has 0 fully saturated rings. The molecule has 1 atom stereocenters. The van der Waals surface area contributed by atoms with E-state index in [0.29, 0.717) is 24.7 Å². The maximum Gasteiger partial charge on any atom is 0.271 e. The molecule has 1 aromatic heterocycles. The number of benzene rings is 1. The van der Waals surface area contributed by atoms with Gasteiger partial charge < -0.3 is 14.8 Å². The molecule has 3 rings (SSSR count). The third kappa shape index (κ3) is 3.48. The third-order valence-corrected chi connectivity index (χ3v) is 3.89. The van der Waals surface area contributed by atoms with Crippen LogP contribution in [0.4, 0.5) is 0 Å². The SMILES string of the molecule is Cc1cnc(C(=O)N[C@H](c2ccc3c(c2)OCCO3)C(C)C)cn1. The van der Waals surface area contributed by atoms with Gasteiger partial charge in [-0.05, 0) is 30.5 Å². The number of hydrogen-bond donors (Lipinski definition) is 1. The van der Waals surface area contributed by atoms with Gasteiger partial charge in [0.25, 0.3) is 5.91 Å². The highest BCUT2D eigenvalue weighted by atomic mass is 16.6. The van der Waals surface area contributed by atoms with Crippen molar-refractivity contribution >= 4 is 5.91 Å². The van der Waals surface area contributed by atoms with E-state index >= 15 is 0 Å². The molecule has 1 aliphatic rings. The number of carbonyl (C=O) groups excluding carboxylic acids is 1. The fourth-order valence-corrected chi connectivity index (χ4v) is 2.61. The van der Waals surface area contributed by atoms with Gasteiger partial charge in [0, 0.05) is 6.20 Å². The van der Waals surface area contributed by atoms with Crippen LogP contribution in [0, 0.1) is 12.8 Å². The minimum Gasteiger partial charge on any atom is -0.486 e. The molecule has 1 aliphatic heterocycles. The Labute approximate surface area is 141 Å². The van der Waals surface area contributed by atoms with Gasteiger partial charge in [-0.1, -0.05) is 19.9 Å².